The molecule has 0 spiro atoms. The Morgan fingerprint density at radius 1 is 0.560 bits per heavy atom. The average Bonchev–Trinajstić information content (AvgIpc) is 2.34. The highest BCUT2D eigenvalue weighted by atomic mass is 35.5. The summed E-state index contributed by atoms with van der Waals surface area (Å²) in [6, 6.07) is 0. The third-order valence-corrected chi connectivity index (χ3v) is 5.03. The molecule has 0 aliphatic carbocycles. The molecule has 1 atom stereocenters. The van der Waals surface area contributed by atoms with Crippen molar-refractivity contribution < 1.29 is 57.1 Å². The normalized spacial score (nSPS) is 17.8. The molecule has 0 fully saturated rings. The van der Waals surface area contributed by atoms with Gasteiger partial charge in [0.25, 0.3) is 0 Å². The van der Waals surface area contributed by atoms with Gasteiger partial charge < -0.3 is 0 Å². The number of hydrogen-bond acceptors (Lipinski definition) is 0. The van der Waals surface area contributed by atoms with Crippen molar-refractivity contribution in [1.82, 2.24) is 0 Å². The molecule has 0 bridgehead atoms. The SMILES string of the molecule is FC(F)(F)C(F)(F)C(F)(F)C(F)(F)C(F)(F)C(F)(F)C(Cl)C([SiH3])(Cl)Cl. The lowest BCUT2D eigenvalue weighted by Crippen LogP contribution is -2.72. The van der Waals surface area contributed by atoms with Crippen LogP contribution < -0.4 is 0 Å². The lowest BCUT2D eigenvalue weighted by atomic mass is 9.92. The topological polar surface area (TPSA) is 0 Å². The first kappa shape index (κ1) is 25.2. The Labute approximate surface area is 148 Å². The van der Waals surface area contributed by atoms with Crippen LogP contribution in [0.15, 0.2) is 0 Å². The molecule has 152 valence electrons. The van der Waals surface area contributed by atoms with E-state index in [2.05, 4.69) is 11.6 Å². The fourth-order valence-electron chi connectivity index (χ4n) is 1.26. The molecule has 0 aromatic carbocycles. The van der Waals surface area contributed by atoms with Gasteiger partial charge in [-0.3, -0.25) is 0 Å². The molecule has 1 unspecified atom stereocenters. The van der Waals surface area contributed by atoms with Crippen molar-refractivity contribution in [3.63, 3.8) is 0 Å². The number of rotatable bonds is 6. The number of halogens is 16. The van der Waals surface area contributed by atoms with Crippen molar-refractivity contribution in [1.29, 1.82) is 0 Å². The van der Waals surface area contributed by atoms with Crippen molar-refractivity contribution in [3.8, 4) is 0 Å². The van der Waals surface area contributed by atoms with Gasteiger partial charge in [0.15, 0.2) is 0 Å². The summed E-state index contributed by atoms with van der Waals surface area (Å²) in [5.74, 6) is -37.7. The molecule has 0 nitrogen and oxygen atoms in total. The van der Waals surface area contributed by atoms with Crippen molar-refractivity contribution in [2.24, 2.45) is 0 Å². The minimum absolute atomic E-state index is 0.939. The van der Waals surface area contributed by atoms with Crippen LogP contribution in [0.25, 0.3) is 0 Å². The Balaban J connectivity index is 6.40. The minimum atomic E-state index is -7.98. The van der Waals surface area contributed by atoms with Gasteiger partial charge in [-0.15, -0.1) is 34.8 Å². The van der Waals surface area contributed by atoms with Crippen LogP contribution in [-0.4, -0.2) is 55.4 Å². The molecule has 0 aromatic rings. The van der Waals surface area contributed by atoms with Crippen LogP contribution in [0.1, 0.15) is 0 Å². The van der Waals surface area contributed by atoms with Gasteiger partial charge in [0.05, 0.1) is 10.2 Å². The highest BCUT2D eigenvalue weighted by Crippen LogP contribution is 2.61. The van der Waals surface area contributed by atoms with Crippen LogP contribution in [0.2, 0.25) is 0 Å². The van der Waals surface area contributed by atoms with Gasteiger partial charge in [0.1, 0.15) is 9.33 Å². The first-order chi connectivity index (χ1) is 10.4. The third kappa shape index (κ3) is 3.64. The molecule has 0 saturated carbocycles. The number of alkyl halides is 16. The molecule has 0 N–H and O–H groups in total. The fraction of sp³-hybridized carbons (Fsp3) is 1.00. The van der Waals surface area contributed by atoms with Gasteiger partial charge >= 0.3 is 35.8 Å². The molecule has 0 saturated heterocycles. The van der Waals surface area contributed by atoms with Crippen LogP contribution >= 0.6 is 34.8 Å². The second-order valence-corrected chi connectivity index (χ2v) is 9.78. The van der Waals surface area contributed by atoms with E-state index >= 15 is 0 Å². The Kier molecular flexibility index (Phi) is 6.41. The van der Waals surface area contributed by atoms with Gasteiger partial charge in [-0.1, -0.05) is 0 Å². The van der Waals surface area contributed by atoms with Gasteiger partial charge in [0.2, 0.25) is 0 Å². The summed E-state index contributed by atoms with van der Waals surface area (Å²) < 4.78 is 163. The molecule has 17 heteroatoms. The van der Waals surface area contributed by atoms with E-state index in [1.54, 1.807) is 0 Å². The first-order valence-corrected chi connectivity index (χ1v) is 7.57. The summed E-state index contributed by atoms with van der Waals surface area (Å²) in [5.41, 5.74) is 0. The molecule has 0 aliphatic heterocycles. The Hall–Kier alpha value is 0.177. The molecular weight excluding hydrogens is 478 g/mol. The quantitative estimate of drug-likeness (QED) is 0.290. The van der Waals surface area contributed by atoms with Crippen molar-refractivity contribution in [2.45, 2.75) is 45.1 Å². The van der Waals surface area contributed by atoms with E-state index in [-0.39, 0.29) is 0 Å². The lowest BCUT2D eigenvalue weighted by Gasteiger charge is -2.42. The molecule has 25 heavy (non-hydrogen) atoms. The van der Waals surface area contributed by atoms with E-state index in [4.69, 9.17) is 23.2 Å². The van der Waals surface area contributed by atoms with Crippen molar-refractivity contribution in [3.05, 3.63) is 0 Å². The van der Waals surface area contributed by atoms with E-state index in [0.717, 1.165) is 0 Å². The van der Waals surface area contributed by atoms with Gasteiger partial charge in [-0.05, 0) is 0 Å². The highest BCUT2D eigenvalue weighted by molar-refractivity contribution is 6.68. The lowest BCUT2D eigenvalue weighted by molar-refractivity contribution is -0.439. The Morgan fingerprint density at radius 2 is 0.840 bits per heavy atom. The maximum absolute atomic E-state index is 13.4. The van der Waals surface area contributed by atoms with Crippen LogP contribution in [0.5, 0.6) is 0 Å². The van der Waals surface area contributed by atoms with Crippen molar-refractivity contribution in [2.75, 3.05) is 0 Å². The monoisotopic (exact) mass is 480 g/mol. The van der Waals surface area contributed by atoms with E-state index in [1.165, 1.54) is 0 Å². The summed E-state index contributed by atoms with van der Waals surface area (Å²) in [6.07, 6.45) is -7.47. The van der Waals surface area contributed by atoms with Gasteiger partial charge in [-0.2, -0.15) is 57.1 Å². The van der Waals surface area contributed by atoms with E-state index in [0.29, 0.717) is 0 Å². The smallest absolute Gasteiger partial charge is 0.198 e. The van der Waals surface area contributed by atoms with Crippen LogP contribution in [0, 0.1) is 0 Å². The van der Waals surface area contributed by atoms with E-state index < -0.39 is 55.4 Å². The van der Waals surface area contributed by atoms with Crippen molar-refractivity contribution >= 4 is 45.0 Å². The average molecular weight is 482 g/mol. The zero-order valence-corrected chi connectivity index (χ0v) is 15.4. The maximum Gasteiger partial charge on any atom is 0.460 e. The molecular formula is C8H4Cl3F13Si. The van der Waals surface area contributed by atoms with Gasteiger partial charge in [-0.25, -0.2) is 0 Å². The van der Waals surface area contributed by atoms with Crippen LogP contribution in [-0.2, 0) is 0 Å². The zero-order valence-electron chi connectivity index (χ0n) is 11.1. The van der Waals surface area contributed by atoms with Gasteiger partial charge in [0, 0.05) is 0 Å². The predicted octanol–water partition coefficient (Wildman–Crippen LogP) is 4.83. The van der Waals surface area contributed by atoms with E-state index in [9.17, 15) is 57.1 Å². The molecule has 0 rings (SSSR count). The molecule has 0 radical (unpaired) electrons. The highest BCUT2D eigenvalue weighted by Gasteiger charge is 2.91. The fourth-order valence-corrected chi connectivity index (χ4v) is 2.03. The Bertz CT molecular complexity index is 494. The summed E-state index contributed by atoms with van der Waals surface area (Å²) in [4.78, 5) is 0. The van der Waals surface area contributed by atoms with Crippen LogP contribution in [0.3, 0.4) is 0 Å². The summed E-state index contributed by atoms with van der Waals surface area (Å²) >= 11 is 14.5. The van der Waals surface area contributed by atoms with E-state index in [1.807, 2.05) is 0 Å². The second-order valence-electron chi connectivity index (χ2n) is 4.74. The standard InChI is InChI=1S/C8H4Cl3F13Si/c9-1(3(10,11)25)2(12,13)4(14,15)5(16,17)6(18,19)7(20,21)8(22,23)24/h1H,25H3. The maximum atomic E-state index is 13.4. The Morgan fingerprint density at radius 3 is 1.08 bits per heavy atom. The predicted molar refractivity (Wildman–Crippen MR) is 64.8 cm³/mol. The summed E-state index contributed by atoms with van der Waals surface area (Å²) in [7, 11) is -0.939. The summed E-state index contributed by atoms with van der Waals surface area (Å²) in [5, 5.41) is -3.73. The second kappa shape index (κ2) is 6.36. The molecule has 0 heterocycles. The summed E-state index contributed by atoms with van der Waals surface area (Å²) in [6.45, 7) is 0. The molecule has 0 aliphatic rings. The largest absolute Gasteiger partial charge is 0.460 e. The molecule has 0 aromatic heterocycles. The van der Waals surface area contributed by atoms with Crippen LogP contribution in [0.4, 0.5) is 57.1 Å². The minimum Gasteiger partial charge on any atom is -0.198 e. The number of hydrogen-bond donors (Lipinski definition) is 0. The zero-order chi connectivity index (χ0) is 21.1. The first-order valence-electron chi connectivity index (χ1n) is 5.38. The molecule has 0 amide bonds. The third-order valence-electron chi connectivity index (χ3n) is 2.72.